The van der Waals surface area contributed by atoms with E-state index in [1.54, 1.807) is 48.9 Å². The number of carbonyl (C=O) groups excluding carboxylic acids is 1. The van der Waals surface area contributed by atoms with E-state index < -0.39 is 0 Å². The lowest BCUT2D eigenvalue weighted by molar-refractivity contribution is 0.102. The predicted octanol–water partition coefficient (Wildman–Crippen LogP) is 2.71. The van der Waals surface area contributed by atoms with Crippen molar-refractivity contribution in [3.05, 3.63) is 72.8 Å². The summed E-state index contributed by atoms with van der Waals surface area (Å²) in [6, 6.07) is 14.3. The van der Waals surface area contributed by atoms with Crippen molar-refractivity contribution in [2.24, 2.45) is 0 Å². The molecule has 104 valence electrons. The Kier molecular flexibility index (Phi) is 3.39. The first-order valence-electron chi connectivity index (χ1n) is 6.48. The van der Waals surface area contributed by atoms with Crippen molar-refractivity contribution in [3.63, 3.8) is 0 Å². The van der Waals surface area contributed by atoms with Crippen LogP contribution < -0.4 is 11.1 Å². The van der Waals surface area contributed by atoms with Crippen LogP contribution in [0.5, 0.6) is 0 Å². The summed E-state index contributed by atoms with van der Waals surface area (Å²) in [7, 11) is 0. The monoisotopic (exact) mass is 278 g/mol. The van der Waals surface area contributed by atoms with Crippen LogP contribution >= 0.6 is 0 Å². The number of amides is 1. The number of benzene rings is 2. The van der Waals surface area contributed by atoms with E-state index in [0.29, 0.717) is 16.9 Å². The van der Waals surface area contributed by atoms with Gasteiger partial charge in [-0.05, 0) is 48.5 Å². The molecule has 1 amide bonds. The van der Waals surface area contributed by atoms with Crippen molar-refractivity contribution in [3.8, 4) is 5.69 Å². The Labute approximate surface area is 122 Å². The number of anilines is 2. The molecule has 0 saturated carbocycles. The van der Waals surface area contributed by atoms with Gasteiger partial charge in [-0.15, -0.1) is 0 Å². The lowest BCUT2D eigenvalue weighted by Gasteiger charge is -2.07. The number of nitrogens with zero attached hydrogens (tertiary/aromatic N) is 2. The topological polar surface area (TPSA) is 72.9 Å². The van der Waals surface area contributed by atoms with Crippen LogP contribution in [0.15, 0.2) is 67.3 Å². The minimum atomic E-state index is -0.156. The highest BCUT2D eigenvalue weighted by Gasteiger charge is 2.06. The SMILES string of the molecule is Nc1ccc(NC(=O)c2ccc(-n3ccnc3)cc2)cc1. The predicted molar refractivity (Wildman–Crippen MR) is 82.4 cm³/mol. The summed E-state index contributed by atoms with van der Waals surface area (Å²) in [5.41, 5.74) is 8.54. The lowest BCUT2D eigenvalue weighted by atomic mass is 10.2. The van der Waals surface area contributed by atoms with E-state index >= 15 is 0 Å². The summed E-state index contributed by atoms with van der Waals surface area (Å²) in [4.78, 5) is 16.1. The van der Waals surface area contributed by atoms with E-state index in [-0.39, 0.29) is 5.91 Å². The quantitative estimate of drug-likeness (QED) is 0.723. The molecule has 0 saturated heterocycles. The normalized spacial score (nSPS) is 10.3. The van der Waals surface area contributed by atoms with E-state index in [1.807, 2.05) is 22.9 Å². The fraction of sp³-hybridized carbons (Fsp3) is 0. The summed E-state index contributed by atoms with van der Waals surface area (Å²) < 4.78 is 1.88. The van der Waals surface area contributed by atoms with E-state index in [2.05, 4.69) is 10.3 Å². The molecular formula is C16H14N4O. The summed E-state index contributed by atoms with van der Waals surface area (Å²) >= 11 is 0. The van der Waals surface area contributed by atoms with Gasteiger partial charge in [0.1, 0.15) is 0 Å². The van der Waals surface area contributed by atoms with Crippen molar-refractivity contribution in [1.82, 2.24) is 9.55 Å². The summed E-state index contributed by atoms with van der Waals surface area (Å²) in [6.45, 7) is 0. The van der Waals surface area contributed by atoms with Gasteiger partial charge in [0.2, 0.25) is 0 Å². The molecule has 3 aromatic rings. The van der Waals surface area contributed by atoms with Crippen LogP contribution in [0.2, 0.25) is 0 Å². The Morgan fingerprint density at radius 3 is 2.38 bits per heavy atom. The molecule has 0 bridgehead atoms. The molecule has 0 radical (unpaired) electrons. The number of hydrogen-bond donors (Lipinski definition) is 2. The van der Waals surface area contributed by atoms with Crippen molar-refractivity contribution >= 4 is 17.3 Å². The average molecular weight is 278 g/mol. The smallest absolute Gasteiger partial charge is 0.255 e. The van der Waals surface area contributed by atoms with Crippen LogP contribution in [-0.2, 0) is 0 Å². The van der Waals surface area contributed by atoms with Crippen molar-refractivity contribution < 1.29 is 4.79 Å². The third-order valence-corrected chi connectivity index (χ3v) is 3.10. The maximum atomic E-state index is 12.1. The fourth-order valence-corrected chi connectivity index (χ4v) is 1.97. The van der Waals surface area contributed by atoms with Crippen LogP contribution in [0.25, 0.3) is 5.69 Å². The van der Waals surface area contributed by atoms with Gasteiger partial charge in [-0.1, -0.05) is 0 Å². The molecule has 0 unspecified atom stereocenters. The minimum absolute atomic E-state index is 0.156. The van der Waals surface area contributed by atoms with Crippen molar-refractivity contribution in [2.45, 2.75) is 0 Å². The average Bonchev–Trinajstić information content (AvgIpc) is 3.04. The molecule has 0 spiro atoms. The summed E-state index contributed by atoms with van der Waals surface area (Å²) in [5, 5.41) is 2.83. The van der Waals surface area contributed by atoms with Crippen LogP contribution in [0, 0.1) is 0 Å². The van der Waals surface area contributed by atoms with Gasteiger partial charge >= 0.3 is 0 Å². The number of nitrogens with two attached hydrogens (primary N) is 1. The van der Waals surface area contributed by atoms with Crippen LogP contribution in [0.1, 0.15) is 10.4 Å². The third kappa shape index (κ3) is 2.92. The molecule has 3 rings (SSSR count). The number of nitrogen functional groups attached to an aromatic ring is 1. The second kappa shape index (κ2) is 5.50. The Hall–Kier alpha value is -3.08. The second-order valence-corrected chi connectivity index (χ2v) is 4.59. The molecule has 1 heterocycles. The number of nitrogens with one attached hydrogen (secondary N) is 1. The molecule has 0 aliphatic carbocycles. The molecule has 1 aromatic heterocycles. The molecule has 5 heteroatoms. The molecule has 5 nitrogen and oxygen atoms in total. The Morgan fingerprint density at radius 2 is 1.76 bits per heavy atom. The minimum Gasteiger partial charge on any atom is -0.399 e. The number of imidazole rings is 1. The second-order valence-electron chi connectivity index (χ2n) is 4.59. The highest BCUT2D eigenvalue weighted by Crippen LogP contribution is 2.14. The first-order chi connectivity index (χ1) is 10.2. The van der Waals surface area contributed by atoms with Gasteiger partial charge in [-0.25, -0.2) is 4.98 Å². The maximum Gasteiger partial charge on any atom is 0.255 e. The molecule has 0 aliphatic heterocycles. The van der Waals surface area contributed by atoms with Gasteiger partial charge in [-0.2, -0.15) is 0 Å². The first-order valence-corrected chi connectivity index (χ1v) is 6.48. The van der Waals surface area contributed by atoms with E-state index in [1.165, 1.54) is 0 Å². The summed E-state index contributed by atoms with van der Waals surface area (Å²) in [5.74, 6) is -0.156. The van der Waals surface area contributed by atoms with Crippen LogP contribution in [0.3, 0.4) is 0 Å². The lowest BCUT2D eigenvalue weighted by Crippen LogP contribution is -2.11. The highest BCUT2D eigenvalue weighted by atomic mass is 16.1. The van der Waals surface area contributed by atoms with Gasteiger partial charge in [0.15, 0.2) is 0 Å². The first kappa shape index (κ1) is 12.9. The van der Waals surface area contributed by atoms with Gasteiger partial charge in [0, 0.05) is 35.0 Å². The zero-order valence-electron chi connectivity index (χ0n) is 11.2. The Bertz CT molecular complexity index is 731. The molecule has 0 atom stereocenters. The van der Waals surface area contributed by atoms with E-state index in [0.717, 1.165) is 5.69 Å². The summed E-state index contributed by atoms with van der Waals surface area (Å²) in [6.07, 6.45) is 5.27. The highest BCUT2D eigenvalue weighted by molar-refractivity contribution is 6.04. The van der Waals surface area contributed by atoms with Gasteiger partial charge < -0.3 is 15.6 Å². The van der Waals surface area contributed by atoms with Gasteiger partial charge in [0.25, 0.3) is 5.91 Å². The van der Waals surface area contributed by atoms with Gasteiger partial charge in [-0.3, -0.25) is 4.79 Å². The number of rotatable bonds is 3. The number of hydrogen-bond acceptors (Lipinski definition) is 3. The van der Waals surface area contributed by atoms with Crippen LogP contribution in [0.4, 0.5) is 11.4 Å². The van der Waals surface area contributed by atoms with Gasteiger partial charge in [0.05, 0.1) is 6.33 Å². The Morgan fingerprint density at radius 1 is 1.05 bits per heavy atom. The maximum absolute atomic E-state index is 12.1. The third-order valence-electron chi connectivity index (χ3n) is 3.10. The standard InChI is InChI=1S/C16H14N4O/c17-13-3-5-14(6-4-13)19-16(21)12-1-7-15(8-2-12)20-10-9-18-11-20/h1-11H,17H2,(H,19,21). The van der Waals surface area contributed by atoms with E-state index in [9.17, 15) is 4.79 Å². The molecular weight excluding hydrogens is 264 g/mol. The molecule has 3 N–H and O–H groups in total. The van der Waals surface area contributed by atoms with Crippen LogP contribution in [-0.4, -0.2) is 15.5 Å². The number of carbonyl (C=O) groups is 1. The molecule has 21 heavy (non-hydrogen) atoms. The number of aromatic nitrogens is 2. The molecule has 2 aromatic carbocycles. The van der Waals surface area contributed by atoms with E-state index in [4.69, 9.17) is 5.73 Å². The fourth-order valence-electron chi connectivity index (χ4n) is 1.97. The zero-order valence-corrected chi connectivity index (χ0v) is 11.2. The Balaban J connectivity index is 1.74. The molecule has 0 fully saturated rings. The largest absolute Gasteiger partial charge is 0.399 e. The van der Waals surface area contributed by atoms with Crippen molar-refractivity contribution in [1.29, 1.82) is 0 Å². The molecule has 0 aliphatic rings. The zero-order chi connectivity index (χ0) is 14.7. The van der Waals surface area contributed by atoms with Crippen molar-refractivity contribution in [2.75, 3.05) is 11.1 Å².